The van der Waals surface area contributed by atoms with Crippen molar-refractivity contribution < 1.29 is 154 Å². The second-order valence-electron chi connectivity index (χ2n) is 16.9. The Bertz CT molecular complexity index is 1500. The maximum absolute atomic E-state index is 11.4. The second-order valence-corrected chi connectivity index (χ2v) is 16.9. The first kappa shape index (κ1) is 55.1. The molecule has 0 amide bonds. The number of hydrogen-bond donors (Lipinski definition) is 20. The molecule has 392 valence electrons. The van der Waals surface area contributed by atoms with Gasteiger partial charge >= 0.3 is 0 Å². The highest BCUT2D eigenvalue weighted by atomic mass is 16.8. The normalized spacial score (nSPS) is 53.4. The molecule has 31 nitrogen and oxygen atoms in total. The van der Waals surface area contributed by atoms with Crippen molar-refractivity contribution in [2.45, 2.75) is 184 Å². The van der Waals surface area contributed by atoms with E-state index in [4.69, 9.17) is 52.1 Å². The van der Waals surface area contributed by atoms with Crippen molar-refractivity contribution in [3.05, 3.63) is 0 Å². The molecule has 6 rings (SSSR count). The standard InChI is InChI=1S/C36H62O31/c37-1-7-13(40)19(46)23(50)32(61-7)58-6-12-18(45)30(67-36-26(53)21(48)15(42)9(3-39)63-36)28(55)34(65-12)59-4-10-16(43)22(49)24(51)33(64-10)57-5-11-17(44)29(27(54)31(56)60-11)66-35-25(52)20(47)14(41)8(2-38)62-35/h7-56H,1-6H2/t7-,8-,9-,10-,11-,12-,13-,14-,15-,16-,17-,18-,19+,20+,21+,22+,23-,24-,25-,26-,27-,28-,29+,30+,31-,32-,33-,34-,35+,36+/m1/s1. The fourth-order valence-electron chi connectivity index (χ4n) is 8.19. The van der Waals surface area contributed by atoms with Gasteiger partial charge in [0.2, 0.25) is 0 Å². The smallest absolute Gasteiger partial charge is 0.187 e. The molecule has 0 unspecified atom stereocenters. The summed E-state index contributed by atoms with van der Waals surface area (Å²) in [7, 11) is 0. The largest absolute Gasteiger partial charge is 0.394 e. The molecule has 0 aromatic carbocycles. The van der Waals surface area contributed by atoms with E-state index in [2.05, 4.69) is 0 Å². The van der Waals surface area contributed by atoms with E-state index >= 15 is 0 Å². The highest BCUT2D eigenvalue weighted by Gasteiger charge is 2.55. The molecule has 6 fully saturated rings. The van der Waals surface area contributed by atoms with Crippen LogP contribution >= 0.6 is 0 Å². The molecule has 0 aromatic rings. The Morgan fingerprint density at radius 1 is 0.254 bits per heavy atom. The predicted octanol–water partition coefficient (Wildman–Crippen LogP) is -14.1. The van der Waals surface area contributed by atoms with Crippen LogP contribution in [0.2, 0.25) is 0 Å². The summed E-state index contributed by atoms with van der Waals surface area (Å²) in [5.74, 6) is 0. The van der Waals surface area contributed by atoms with Gasteiger partial charge in [-0.1, -0.05) is 0 Å². The first-order valence-corrected chi connectivity index (χ1v) is 21.1. The molecular weight excluding hydrogens is 928 g/mol. The van der Waals surface area contributed by atoms with Gasteiger partial charge in [-0.05, 0) is 0 Å². The quantitative estimate of drug-likeness (QED) is 0.0683. The predicted molar refractivity (Wildman–Crippen MR) is 199 cm³/mol. The van der Waals surface area contributed by atoms with E-state index in [0.29, 0.717) is 0 Å². The van der Waals surface area contributed by atoms with Gasteiger partial charge in [-0.2, -0.15) is 0 Å². The lowest BCUT2D eigenvalue weighted by molar-refractivity contribution is -0.372. The Kier molecular flexibility index (Phi) is 19.4. The molecular formula is C36H62O31. The van der Waals surface area contributed by atoms with Crippen LogP contribution in [0.3, 0.4) is 0 Å². The van der Waals surface area contributed by atoms with E-state index in [1.54, 1.807) is 0 Å². The van der Waals surface area contributed by atoms with Gasteiger partial charge in [-0.3, -0.25) is 0 Å². The van der Waals surface area contributed by atoms with E-state index in [-0.39, 0.29) is 0 Å². The summed E-state index contributed by atoms with van der Waals surface area (Å²) in [6.07, 6.45) is -56.2. The van der Waals surface area contributed by atoms with Crippen molar-refractivity contribution in [1.82, 2.24) is 0 Å². The van der Waals surface area contributed by atoms with Gasteiger partial charge in [0.25, 0.3) is 0 Å². The second kappa shape index (κ2) is 23.5. The summed E-state index contributed by atoms with van der Waals surface area (Å²) in [5, 5.41) is 208. The zero-order valence-electron chi connectivity index (χ0n) is 35.0. The minimum absolute atomic E-state index is 0.816. The highest BCUT2D eigenvalue weighted by Crippen LogP contribution is 2.34. The van der Waals surface area contributed by atoms with Crippen molar-refractivity contribution >= 4 is 0 Å². The van der Waals surface area contributed by atoms with Crippen LogP contribution in [0.1, 0.15) is 0 Å². The van der Waals surface area contributed by atoms with Crippen LogP contribution in [0.4, 0.5) is 0 Å². The van der Waals surface area contributed by atoms with Crippen molar-refractivity contribution in [2.75, 3.05) is 39.6 Å². The van der Waals surface area contributed by atoms with Gasteiger partial charge in [0.1, 0.15) is 146 Å². The third kappa shape index (κ3) is 11.7. The van der Waals surface area contributed by atoms with Crippen molar-refractivity contribution in [3.63, 3.8) is 0 Å². The fraction of sp³-hybridized carbons (Fsp3) is 1.00. The molecule has 0 spiro atoms. The molecule has 0 bridgehead atoms. The molecule has 6 heterocycles. The molecule has 31 heteroatoms. The van der Waals surface area contributed by atoms with Crippen LogP contribution in [-0.4, -0.2) is 326 Å². The molecule has 6 saturated heterocycles. The first-order chi connectivity index (χ1) is 31.6. The van der Waals surface area contributed by atoms with E-state index in [1.165, 1.54) is 0 Å². The van der Waals surface area contributed by atoms with E-state index < -0.39 is 224 Å². The molecule has 6 aliphatic rings. The average Bonchev–Trinajstić information content (AvgIpc) is 3.31. The zero-order chi connectivity index (χ0) is 49.3. The van der Waals surface area contributed by atoms with Gasteiger partial charge in [-0.25, -0.2) is 0 Å². The van der Waals surface area contributed by atoms with E-state index in [0.717, 1.165) is 0 Å². The maximum atomic E-state index is 11.4. The number of ether oxygens (including phenoxy) is 11. The van der Waals surface area contributed by atoms with Crippen LogP contribution in [0, 0.1) is 0 Å². The molecule has 30 atom stereocenters. The number of aliphatic hydroxyl groups excluding tert-OH is 20. The third-order valence-corrected chi connectivity index (χ3v) is 12.4. The minimum Gasteiger partial charge on any atom is -0.394 e. The van der Waals surface area contributed by atoms with Gasteiger partial charge in [0, 0.05) is 0 Å². The number of hydrogen-bond acceptors (Lipinski definition) is 31. The van der Waals surface area contributed by atoms with Crippen LogP contribution in [0.15, 0.2) is 0 Å². The highest BCUT2D eigenvalue weighted by molar-refractivity contribution is 4.98. The summed E-state index contributed by atoms with van der Waals surface area (Å²) < 4.78 is 60.3. The number of rotatable bonds is 16. The average molecular weight is 991 g/mol. The molecule has 0 saturated carbocycles. The SMILES string of the molecule is OC[C@H]1O[C@@H](OC[C@H]2O[C@@H](OC[C@H]3O[C@@H](OC[C@H]4O[C@@H](O)[C@H](O)[C@@H](O[C@@H]5O[C@H](CO)[C@@H](O)[C@H](O)[C@H]5O)[C@@H]4O)[C@H](O)[C@@H](O)[C@@H]3O)[C@H](O)[C@@H](O[C@@H]3O[C@H](CO)[C@@H](O)[C@H](O)[C@H]3O)[C@@H]2O)[C@H](O)[C@@H](O)[C@@H]1O. The van der Waals surface area contributed by atoms with Gasteiger partial charge in [0.05, 0.1) is 39.6 Å². The van der Waals surface area contributed by atoms with Gasteiger partial charge in [-0.15, -0.1) is 0 Å². The Labute approximate surface area is 378 Å². The minimum atomic E-state index is -2.11. The van der Waals surface area contributed by atoms with Crippen LogP contribution < -0.4 is 0 Å². The van der Waals surface area contributed by atoms with Crippen molar-refractivity contribution in [2.24, 2.45) is 0 Å². The summed E-state index contributed by atoms with van der Waals surface area (Å²) in [6.45, 7) is -5.10. The Hall–Kier alpha value is -1.24. The Morgan fingerprint density at radius 3 is 0.896 bits per heavy atom. The molecule has 67 heavy (non-hydrogen) atoms. The van der Waals surface area contributed by atoms with Crippen LogP contribution in [-0.2, 0) is 52.1 Å². The summed E-state index contributed by atoms with van der Waals surface area (Å²) in [4.78, 5) is 0. The molecule has 0 radical (unpaired) electrons. The zero-order valence-corrected chi connectivity index (χ0v) is 35.0. The van der Waals surface area contributed by atoms with E-state index in [9.17, 15) is 102 Å². The lowest BCUT2D eigenvalue weighted by atomic mass is 9.96. The summed E-state index contributed by atoms with van der Waals surface area (Å²) in [5.41, 5.74) is 0. The van der Waals surface area contributed by atoms with Crippen molar-refractivity contribution in [1.29, 1.82) is 0 Å². The third-order valence-electron chi connectivity index (χ3n) is 12.4. The Morgan fingerprint density at radius 2 is 0.522 bits per heavy atom. The molecule has 0 aromatic heterocycles. The lowest BCUT2D eigenvalue weighted by Gasteiger charge is -2.47. The summed E-state index contributed by atoms with van der Waals surface area (Å²) in [6, 6.07) is 0. The first-order valence-electron chi connectivity index (χ1n) is 21.1. The lowest BCUT2D eigenvalue weighted by Crippen LogP contribution is -2.66. The Balaban J connectivity index is 1.13. The van der Waals surface area contributed by atoms with Gasteiger partial charge in [0.15, 0.2) is 37.7 Å². The topological polar surface area (TPSA) is 506 Å². The summed E-state index contributed by atoms with van der Waals surface area (Å²) >= 11 is 0. The van der Waals surface area contributed by atoms with Gasteiger partial charge < -0.3 is 154 Å². The fourth-order valence-corrected chi connectivity index (χ4v) is 8.19. The molecule has 0 aliphatic carbocycles. The number of aliphatic hydroxyl groups is 20. The monoisotopic (exact) mass is 990 g/mol. The van der Waals surface area contributed by atoms with Crippen LogP contribution in [0.5, 0.6) is 0 Å². The molecule has 6 aliphatic heterocycles. The van der Waals surface area contributed by atoms with E-state index in [1.807, 2.05) is 0 Å². The van der Waals surface area contributed by atoms with Crippen molar-refractivity contribution in [3.8, 4) is 0 Å². The molecule has 20 N–H and O–H groups in total. The maximum Gasteiger partial charge on any atom is 0.187 e. The van der Waals surface area contributed by atoms with Crippen LogP contribution in [0.25, 0.3) is 0 Å².